The number of nitrogens with two attached hydrogens (primary N) is 1. The van der Waals surface area contributed by atoms with Gasteiger partial charge in [-0.3, -0.25) is 4.79 Å². The van der Waals surface area contributed by atoms with Gasteiger partial charge in [0.1, 0.15) is 13.2 Å². The molecule has 2 aromatic rings. The molecule has 0 bridgehead atoms. The summed E-state index contributed by atoms with van der Waals surface area (Å²) in [5, 5.41) is 0. The van der Waals surface area contributed by atoms with Crippen molar-refractivity contribution in [2.24, 2.45) is 0 Å². The number of benzene rings is 2. The molecule has 1 aliphatic rings. The fourth-order valence-corrected chi connectivity index (χ4v) is 2.48. The smallest absolute Gasteiger partial charge is 0.194 e. The minimum absolute atomic E-state index is 0.110. The van der Waals surface area contributed by atoms with E-state index in [1.165, 1.54) is 0 Å². The van der Waals surface area contributed by atoms with Gasteiger partial charge in [0.15, 0.2) is 17.3 Å². The fraction of sp³-hybridized carbons (Fsp3) is 0.133. The zero-order valence-corrected chi connectivity index (χ0v) is 12.1. The Bertz CT molecular complexity index is 685. The Kier molecular flexibility index (Phi) is 3.36. The first-order valence-corrected chi connectivity index (χ1v) is 6.94. The van der Waals surface area contributed by atoms with Crippen LogP contribution in [-0.4, -0.2) is 19.0 Å². The lowest BCUT2D eigenvalue weighted by Gasteiger charge is -2.18. The van der Waals surface area contributed by atoms with Crippen LogP contribution >= 0.6 is 15.9 Å². The van der Waals surface area contributed by atoms with E-state index in [0.717, 1.165) is 0 Å². The first kappa shape index (κ1) is 13.0. The molecule has 4 nitrogen and oxygen atoms in total. The van der Waals surface area contributed by atoms with E-state index in [4.69, 9.17) is 15.2 Å². The summed E-state index contributed by atoms with van der Waals surface area (Å²) >= 11 is 3.37. The molecular formula is C15H12BrNO3. The molecular weight excluding hydrogens is 322 g/mol. The van der Waals surface area contributed by atoms with Crippen molar-refractivity contribution in [2.45, 2.75) is 0 Å². The number of ketones is 1. The summed E-state index contributed by atoms with van der Waals surface area (Å²) in [4.78, 5) is 12.5. The van der Waals surface area contributed by atoms with Crippen LogP contribution in [0, 0.1) is 0 Å². The van der Waals surface area contributed by atoms with Crippen LogP contribution in [0.4, 0.5) is 5.69 Å². The highest BCUT2D eigenvalue weighted by Crippen LogP contribution is 2.32. The number of ether oxygens (including phenoxy) is 2. The molecule has 0 aromatic heterocycles. The molecule has 0 aliphatic carbocycles. The van der Waals surface area contributed by atoms with Gasteiger partial charge in [0.25, 0.3) is 0 Å². The fourth-order valence-electron chi connectivity index (χ4n) is 2.06. The Hall–Kier alpha value is -2.01. The van der Waals surface area contributed by atoms with Gasteiger partial charge in [-0.25, -0.2) is 0 Å². The summed E-state index contributed by atoms with van der Waals surface area (Å²) in [6.07, 6.45) is 0. The molecule has 1 heterocycles. The molecule has 0 amide bonds. The first-order valence-electron chi connectivity index (χ1n) is 6.14. The SMILES string of the molecule is Nc1ccc(Br)c(C(=O)c2ccc3c(c2)OCCO3)c1. The normalized spacial score (nSPS) is 13.1. The number of carbonyl (C=O) groups is 1. The molecule has 2 N–H and O–H groups in total. The summed E-state index contributed by atoms with van der Waals surface area (Å²) in [6, 6.07) is 10.3. The second-order valence-corrected chi connectivity index (χ2v) is 5.28. The predicted octanol–water partition coefficient (Wildman–Crippen LogP) is 3.03. The third kappa shape index (κ3) is 2.36. The maximum atomic E-state index is 12.5. The zero-order chi connectivity index (χ0) is 14.1. The van der Waals surface area contributed by atoms with Crippen LogP contribution in [0.15, 0.2) is 40.9 Å². The molecule has 0 saturated heterocycles. The van der Waals surface area contributed by atoms with Gasteiger partial charge < -0.3 is 15.2 Å². The van der Waals surface area contributed by atoms with E-state index in [2.05, 4.69) is 15.9 Å². The van der Waals surface area contributed by atoms with Gasteiger partial charge in [0, 0.05) is 21.3 Å². The molecule has 0 spiro atoms. The third-order valence-electron chi connectivity index (χ3n) is 3.04. The topological polar surface area (TPSA) is 61.6 Å². The number of rotatable bonds is 2. The van der Waals surface area contributed by atoms with Crippen molar-refractivity contribution in [3.8, 4) is 11.5 Å². The Morgan fingerprint density at radius 3 is 2.60 bits per heavy atom. The Labute approximate surface area is 124 Å². The van der Waals surface area contributed by atoms with Crippen molar-refractivity contribution >= 4 is 27.4 Å². The highest BCUT2D eigenvalue weighted by molar-refractivity contribution is 9.10. The maximum Gasteiger partial charge on any atom is 0.194 e. The summed E-state index contributed by atoms with van der Waals surface area (Å²) in [5.41, 5.74) is 7.36. The van der Waals surface area contributed by atoms with Crippen molar-refractivity contribution < 1.29 is 14.3 Å². The Balaban J connectivity index is 2.00. The van der Waals surface area contributed by atoms with E-state index < -0.39 is 0 Å². The van der Waals surface area contributed by atoms with Crippen molar-refractivity contribution in [1.29, 1.82) is 0 Å². The van der Waals surface area contributed by atoms with Crippen LogP contribution in [-0.2, 0) is 0 Å². The maximum absolute atomic E-state index is 12.5. The third-order valence-corrected chi connectivity index (χ3v) is 3.73. The standard InChI is InChI=1S/C15H12BrNO3/c16-12-3-2-10(17)8-11(12)15(18)9-1-4-13-14(7-9)20-6-5-19-13/h1-4,7-8H,5-6,17H2. The largest absolute Gasteiger partial charge is 0.486 e. The Morgan fingerprint density at radius 1 is 1.05 bits per heavy atom. The van der Waals surface area contributed by atoms with E-state index in [9.17, 15) is 4.79 Å². The van der Waals surface area contributed by atoms with Crippen LogP contribution in [0.3, 0.4) is 0 Å². The molecule has 2 aromatic carbocycles. The molecule has 1 aliphatic heterocycles. The summed E-state index contributed by atoms with van der Waals surface area (Å²) in [5.74, 6) is 1.16. The predicted molar refractivity (Wildman–Crippen MR) is 79.4 cm³/mol. The average Bonchev–Trinajstić information content (AvgIpc) is 2.48. The van der Waals surface area contributed by atoms with Gasteiger partial charge in [0.2, 0.25) is 0 Å². The summed E-state index contributed by atoms with van der Waals surface area (Å²) in [6.45, 7) is 1.02. The van der Waals surface area contributed by atoms with Gasteiger partial charge in [-0.1, -0.05) is 15.9 Å². The lowest BCUT2D eigenvalue weighted by atomic mass is 10.0. The lowest BCUT2D eigenvalue weighted by Crippen LogP contribution is -2.16. The van der Waals surface area contributed by atoms with Crippen LogP contribution in [0.5, 0.6) is 11.5 Å². The first-order chi connectivity index (χ1) is 9.65. The second kappa shape index (κ2) is 5.17. The average molecular weight is 334 g/mol. The van der Waals surface area contributed by atoms with Crippen molar-refractivity contribution in [3.05, 3.63) is 52.0 Å². The van der Waals surface area contributed by atoms with Gasteiger partial charge in [-0.15, -0.1) is 0 Å². The molecule has 0 fully saturated rings. The lowest BCUT2D eigenvalue weighted by molar-refractivity contribution is 0.103. The number of carbonyl (C=O) groups excluding carboxylic acids is 1. The minimum Gasteiger partial charge on any atom is -0.486 e. The molecule has 0 radical (unpaired) electrons. The monoisotopic (exact) mass is 333 g/mol. The van der Waals surface area contributed by atoms with Gasteiger partial charge in [0.05, 0.1) is 0 Å². The van der Waals surface area contributed by atoms with Crippen molar-refractivity contribution in [2.75, 3.05) is 18.9 Å². The van der Waals surface area contributed by atoms with Gasteiger partial charge in [-0.05, 0) is 36.4 Å². The van der Waals surface area contributed by atoms with Crippen molar-refractivity contribution in [1.82, 2.24) is 0 Å². The van der Waals surface area contributed by atoms with Crippen LogP contribution < -0.4 is 15.2 Å². The van der Waals surface area contributed by atoms with Gasteiger partial charge >= 0.3 is 0 Å². The molecule has 5 heteroatoms. The van der Waals surface area contributed by atoms with E-state index in [-0.39, 0.29) is 5.78 Å². The number of hydrogen-bond donors (Lipinski definition) is 1. The van der Waals surface area contributed by atoms with Gasteiger partial charge in [-0.2, -0.15) is 0 Å². The minimum atomic E-state index is -0.110. The quantitative estimate of drug-likeness (QED) is 0.677. The Morgan fingerprint density at radius 2 is 1.80 bits per heavy atom. The van der Waals surface area contributed by atoms with E-state index >= 15 is 0 Å². The van der Waals surface area contributed by atoms with E-state index in [1.54, 1.807) is 36.4 Å². The zero-order valence-electron chi connectivity index (χ0n) is 10.6. The second-order valence-electron chi connectivity index (χ2n) is 4.43. The molecule has 0 saturated carbocycles. The number of fused-ring (bicyclic) bond motifs is 1. The van der Waals surface area contributed by atoms with Crippen LogP contribution in [0.2, 0.25) is 0 Å². The van der Waals surface area contributed by atoms with E-state index in [0.29, 0.717) is 46.0 Å². The van der Waals surface area contributed by atoms with Crippen LogP contribution in [0.1, 0.15) is 15.9 Å². The number of nitrogen functional groups attached to an aromatic ring is 1. The molecule has 20 heavy (non-hydrogen) atoms. The van der Waals surface area contributed by atoms with Crippen molar-refractivity contribution in [3.63, 3.8) is 0 Å². The molecule has 0 unspecified atom stereocenters. The molecule has 102 valence electrons. The van der Waals surface area contributed by atoms with E-state index in [1.807, 2.05) is 0 Å². The molecule has 3 rings (SSSR count). The number of anilines is 1. The number of halogens is 1. The highest BCUT2D eigenvalue weighted by Gasteiger charge is 2.17. The molecule has 0 atom stereocenters. The summed E-state index contributed by atoms with van der Waals surface area (Å²) < 4.78 is 11.6. The highest BCUT2D eigenvalue weighted by atomic mass is 79.9. The summed E-state index contributed by atoms with van der Waals surface area (Å²) in [7, 11) is 0. The number of hydrogen-bond acceptors (Lipinski definition) is 4. The van der Waals surface area contributed by atoms with Crippen LogP contribution in [0.25, 0.3) is 0 Å².